The molecule has 5 nitrogen and oxygen atoms in total. The number of thiazole rings is 1. The Morgan fingerprint density at radius 2 is 2.00 bits per heavy atom. The van der Waals surface area contributed by atoms with Crippen LogP contribution in [0.25, 0.3) is 0 Å². The van der Waals surface area contributed by atoms with Gasteiger partial charge in [-0.2, -0.15) is 0 Å². The molecule has 26 heavy (non-hydrogen) atoms. The van der Waals surface area contributed by atoms with Gasteiger partial charge in [0.15, 0.2) is 5.13 Å². The van der Waals surface area contributed by atoms with Crippen LogP contribution in [0.3, 0.4) is 0 Å². The Balaban J connectivity index is 1.53. The second-order valence-corrected chi connectivity index (χ2v) is 7.71. The quantitative estimate of drug-likeness (QED) is 0.665. The topological polar surface area (TPSA) is 53.9 Å². The molecule has 3 heterocycles. The minimum atomic E-state index is 0.305. The second kappa shape index (κ2) is 8.12. The maximum Gasteiger partial charge on any atom is 0.229 e. The van der Waals surface area contributed by atoms with Gasteiger partial charge in [-0.05, 0) is 43.1 Å². The molecule has 1 saturated heterocycles. The minimum Gasteiger partial charge on any atom is -0.300 e. The van der Waals surface area contributed by atoms with Crippen LogP contribution in [0.4, 0.5) is 11.1 Å². The predicted molar refractivity (Wildman–Crippen MR) is 106 cm³/mol. The highest BCUT2D eigenvalue weighted by Crippen LogP contribution is 2.31. The Morgan fingerprint density at radius 3 is 2.81 bits per heavy atom. The van der Waals surface area contributed by atoms with Gasteiger partial charge in [-0.25, -0.2) is 15.0 Å². The molecule has 1 aromatic carbocycles. The van der Waals surface area contributed by atoms with Crippen molar-refractivity contribution >= 4 is 34.0 Å². The van der Waals surface area contributed by atoms with E-state index in [1.165, 1.54) is 29.7 Å². The molecule has 1 fully saturated rings. The Hall–Kier alpha value is -2.02. The third-order valence-corrected chi connectivity index (χ3v) is 5.52. The van der Waals surface area contributed by atoms with Gasteiger partial charge in [-0.1, -0.05) is 30.2 Å². The smallest absolute Gasteiger partial charge is 0.229 e. The van der Waals surface area contributed by atoms with E-state index in [4.69, 9.17) is 16.6 Å². The van der Waals surface area contributed by atoms with Crippen LogP contribution in [0.15, 0.2) is 48.1 Å². The van der Waals surface area contributed by atoms with Crippen LogP contribution < -0.4 is 5.32 Å². The van der Waals surface area contributed by atoms with Crippen LogP contribution in [-0.2, 0) is 6.54 Å². The van der Waals surface area contributed by atoms with E-state index in [0.29, 0.717) is 12.0 Å². The van der Waals surface area contributed by atoms with Crippen LogP contribution >= 0.6 is 22.9 Å². The van der Waals surface area contributed by atoms with E-state index < -0.39 is 0 Å². The number of rotatable bonds is 5. The molecule has 1 N–H and O–H groups in total. The summed E-state index contributed by atoms with van der Waals surface area (Å²) in [5, 5.41) is 6.70. The van der Waals surface area contributed by atoms with E-state index >= 15 is 0 Å². The number of benzene rings is 1. The van der Waals surface area contributed by atoms with Gasteiger partial charge in [0.2, 0.25) is 5.95 Å². The zero-order valence-electron chi connectivity index (χ0n) is 14.3. The van der Waals surface area contributed by atoms with Gasteiger partial charge < -0.3 is 5.32 Å². The number of hydrogen-bond acceptors (Lipinski definition) is 6. The number of nitrogens with zero attached hydrogens (tertiary/aromatic N) is 4. The molecule has 1 atom stereocenters. The van der Waals surface area contributed by atoms with Crippen LogP contribution in [0.5, 0.6) is 0 Å². The summed E-state index contributed by atoms with van der Waals surface area (Å²) < 4.78 is 0. The van der Waals surface area contributed by atoms with E-state index in [1.54, 1.807) is 6.20 Å². The number of halogens is 1. The van der Waals surface area contributed by atoms with Crippen molar-refractivity contribution in [3.63, 3.8) is 0 Å². The molecular weight excluding hydrogens is 366 g/mol. The number of piperidine rings is 1. The summed E-state index contributed by atoms with van der Waals surface area (Å²) in [5.41, 5.74) is 2.34. The summed E-state index contributed by atoms with van der Waals surface area (Å²) in [6.07, 6.45) is 7.15. The minimum absolute atomic E-state index is 0.305. The molecule has 1 aliphatic rings. The number of nitrogens with one attached hydrogen (secondary N) is 1. The SMILES string of the molecule is Clc1ccc(CN2CCCCC2c2ccnc(Nc3nccs3)n2)cc1. The summed E-state index contributed by atoms with van der Waals surface area (Å²) >= 11 is 7.55. The molecule has 2 aromatic heterocycles. The van der Waals surface area contributed by atoms with Crippen molar-refractivity contribution < 1.29 is 0 Å². The molecule has 0 spiro atoms. The lowest BCUT2D eigenvalue weighted by molar-refractivity contribution is 0.137. The third-order valence-electron chi connectivity index (χ3n) is 4.58. The Bertz CT molecular complexity index is 837. The summed E-state index contributed by atoms with van der Waals surface area (Å²) in [6.45, 7) is 1.98. The maximum absolute atomic E-state index is 6.01. The molecule has 3 aromatic rings. The van der Waals surface area contributed by atoms with Gasteiger partial charge in [0.1, 0.15) is 0 Å². The average molecular weight is 386 g/mol. The van der Waals surface area contributed by atoms with E-state index in [-0.39, 0.29) is 0 Å². The lowest BCUT2D eigenvalue weighted by Gasteiger charge is -2.35. The van der Waals surface area contributed by atoms with Crippen molar-refractivity contribution in [1.29, 1.82) is 0 Å². The normalized spacial score (nSPS) is 18.0. The molecule has 0 bridgehead atoms. The molecule has 0 amide bonds. The number of aromatic nitrogens is 3. The van der Waals surface area contributed by atoms with Crippen molar-refractivity contribution in [2.24, 2.45) is 0 Å². The monoisotopic (exact) mass is 385 g/mol. The summed E-state index contributed by atoms with van der Waals surface area (Å²) in [4.78, 5) is 15.8. The van der Waals surface area contributed by atoms with E-state index in [0.717, 1.165) is 35.4 Å². The first-order chi connectivity index (χ1) is 12.8. The fourth-order valence-electron chi connectivity index (χ4n) is 3.34. The zero-order valence-corrected chi connectivity index (χ0v) is 15.9. The fourth-order valence-corrected chi connectivity index (χ4v) is 3.99. The molecule has 0 radical (unpaired) electrons. The number of likely N-dealkylation sites (tertiary alicyclic amines) is 1. The van der Waals surface area contributed by atoms with Gasteiger partial charge in [-0.15, -0.1) is 11.3 Å². The van der Waals surface area contributed by atoms with Crippen LogP contribution in [0.2, 0.25) is 5.02 Å². The third kappa shape index (κ3) is 4.20. The molecule has 134 valence electrons. The van der Waals surface area contributed by atoms with Crippen molar-refractivity contribution in [2.75, 3.05) is 11.9 Å². The molecule has 4 rings (SSSR count). The molecule has 0 saturated carbocycles. The first-order valence-corrected chi connectivity index (χ1v) is 10.0. The van der Waals surface area contributed by atoms with Crippen LogP contribution in [0.1, 0.15) is 36.6 Å². The molecule has 0 aliphatic carbocycles. The molecule has 1 unspecified atom stereocenters. The van der Waals surface area contributed by atoms with Crippen molar-refractivity contribution in [3.05, 3.63) is 64.4 Å². The molecule has 1 aliphatic heterocycles. The molecule has 7 heteroatoms. The lowest BCUT2D eigenvalue weighted by atomic mass is 9.98. The summed E-state index contributed by atoms with van der Waals surface area (Å²) in [5.74, 6) is 0.606. The largest absolute Gasteiger partial charge is 0.300 e. The van der Waals surface area contributed by atoms with Crippen molar-refractivity contribution in [1.82, 2.24) is 19.9 Å². The predicted octanol–water partition coefficient (Wildman–Crippen LogP) is 5.06. The Kier molecular flexibility index (Phi) is 5.43. The zero-order chi connectivity index (χ0) is 17.8. The van der Waals surface area contributed by atoms with Crippen LogP contribution in [-0.4, -0.2) is 26.4 Å². The molecular formula is C19H20ClN5S. The Labute approximate surface area is 162 Å². The number of anilines is 2. The summed E-state index contributed by atoms with van der Waals surface area (Å²) in [6, 6.07) is 10.4. The van der Waals surface area contributed by atoms with E-state index in [1.807, 2.05) is 29.8 Å². The van der Waals surface area contributed by atoms with Gasteiger partial charge in [-0.3, -0.25) is 4.90 Å². The van der Waals surface area contributed by atoms with Gasteiger partial charge >= 0.3 is 0 Å². The van der Waals surface area contributed by atoms with Gasteiger partial charge in [0, 0.05) is 29.3 Å². The van der Waals surface area contributed by atoms with Crippen molar-refractivity contribution in [3.8, 4) is 0 Å². The van der Waals surface area contributed by atoms with Crippen LogP contribution in [0, 0.1) is 0 Å². The van der Waals surface area contributed by atoms with E-state index in [9.17, 15) is 0 Å². The highest BCUT2D eigenvalue weighted by molar-refractivity contribution is 7.13. The summed E-state index contributed by atoms with van der Waals surface area (Å²) in [7, 11) is 0. The maximum atomic E-state index is 6.01. The fraction of sp³-hybridized carbons (Fsp3) is 0.316. The average Bonchev–Trinajstić information content (AvgIpc) is 3.17. The van der Waals surface area contributed by atoms with E-state index in [2.05, 4.69) is 32.3 Å². The highest BCUT2D eigenvalue weighted by Gasteiger charge is 2.25. The Morgan fingerprint density at radius 1 is 1.12 bits per heavy atom. The first-order valence-electron chi connectivity index (χ1n) is 8.76. The number of hydrogen-bond donors (Lipinski definition) is 1. The van der Waals surface area contributed by atoms with Crippen molar-refractivity contribution in [2.45, 2.75) is 31.8 Å². The van der Waals surface area contributed by atoms with Gasteiger partial charge in [0.25, 0.3) is 0 Å². The lowest BCUT2D eigenvalue weighted by Crippen LogP contribution is -2.33. The highest BCUT2D eigenvalue weighted by atomic mass is 35.5. The van der Waals surface area contributed by atoms with Gasteiger partial charge in [0.05, 0.1) is 11.7 Å². The second-order valence-electron chi connectivity index (χ2n) is 6.38. The standard InChI is InChI=1S/C19H20ClN5S/c20-15-6-4-14(5-7-15)13-25-11-2-1-3-17(25)16-8-9-21-18(23-16)24-19-22-10-12-26-19/h4-10,12,17H,1-3,11,13H2,(H,21,22,23,24). The first kappa shape index (κ1) is 17.4.